The summed E-state index contributed by atoms with van der Waals surface area (Å²) in [6.45, 7) is 2.10. The van der Waals surface area contributed by atoms with Crippen LogP contribution < -0.4 is 5.32 Å². The zero-order valence-electron chi connectivity index (χ0n) is 5.72. The molecule has 0 atom stereocenters. The first kappa shape index (κ1) is 7.25. The molecule has 0 bridgehead atoms. The smallest absolute Gasteiger partial charge is 0.0211 e. The fraction of sp³-hybridized carbons (Fsp3) is 0.250. The van der Waals surface area contributed by atoms with Gasteiger partial charge in [-0.2, -0.15) is 0 Å². The molecule has 0 saturated carbocycles. The summed E-state index contributed by atoms with van der Waals surface area (Å²) in [7, 11) is 0. The van der Waals surface area contributed by atoms with Crippen LogP contribution in [-0.4, -0.2) is 5.48 Å². The second kappa shape index (κ2) is 2.82. The summed E-state index contributed by atoms with van der Waals surface area (Å²) < 4.78 is 0. The van der Waals surface area contributed by atoms with Crippen molar-refractivity contribution in [3.8, 4) is 0 Å². The molecule has 0 spiro atoms. The molecule has 1 aromatic rings. The van der Waals surface area contributed by atoms with E-state index in [4.69, 9.17) is 0 Å². The lowest BCUT2D eigenvalue weighted by atomic mass is 10.1. The molecule has 1 aliphatic rings. The Labute approximate surface area is 60.2 Å². The van der Waals surface area contributed by atoms with Crippen molar-refractivity contribution in [2.75, 3.05) is 0 Å². The molecule has 0 radical (unpaired) electrons. The van der Waals surface area contributed by atoms with E-state index >= 15 is 0 Å². The van der Waals surface area contributed by atoms with Crippen LogP contribution in [0.4, 0.5) is 0 Å². The molecule has 10 heavy (non-hydrogen) atoms. The number of fused-ring (bicyclic) bond motifs is 1. The van der Waals surface area contributed by atoms with Crippen molar-refractivity contribution >= 4 is 0 Å². The van der Waals surface area contributed by atoms with Gasteiger partial charge in [0.05, 0.1) is 0 Å². The Bertz CT molecular complexity index is 199. The number of benzene rings is 1. The Balaban J connectivity index is 0.000000500. The van der Waals surface area contributed by atoms with Crippen LogP contribution in [0.25, 0.3) is 0 Å². The van der Waals surface area contributed by atoms with Crippen molar-refractivity contribution in [1.82, 2.24) is 5.32 Å². The summed E-state index contributed by atoms with van der Waals surface area (Å²) in [6.07, 6.45) is 0. The molecule has 2 nitrogen and oxygen atoms in total. The molecule has 0 fully saturated rings. The van der Waals surface area contributed by atoms with Gasteiger partial charge in [0.2, 0.25) is 0 Å². The second-order valence-electron chi connectivity index (χ2n) is 2.37. The zero-order valence-corrected chi connectivity index (χ0v) is 5.72. The lowest BCUT2D eigenvalue weighted by molar-refractivity contribution is 0.765. The summed E-state index contributed by atoms with van der Waals surface area (Å²) in [5.41, 5.74) is 2.91. The van der Waals surface area contributed by atoms with E-state index in [1.165, 1.54) is 11.1 Å². The molecule has 0 unspecified atom stereocenters. The lowest BCUT2D eigenvalue weighted by Crippen LogP contribution is -1.99. The highest BCUT2D eigenvalue weighted by atomic mass is 16.0. The lowest BCUT2D eigenvalue weighted by Gasteiger charge is -1.91. The topological polar surface area (TPSA) is 43.5 Å². The van der Waals surface area contributed by atoms with Gasteiger partial charge in [0.1, 0.15) is 0 Å². The molecule has 1 aromatic carbocycles. The SMILES string of the molecule is O.c1ccc2c(c1)CNC2. The summed E-state index contributed by atoms with van der Waals surface area (Å²) in [4.78, 5) is 0. The highest BCUT2D eigenvalue weighted by Gasteiger charge is 2.06. The highest BCUT2D eigenvalue weighted by molar-refractivity contribution is 5.29. The first-order valence-electron chi connectivity index (χ1n) is 3.24. The predicted octanol–water partition coefficient (Wildman–Crippen LogP) is 0.465. The molecule has 0 amide bonds. The predicted molar refractivity (Wildman–Crippen MR) is 40.6 cm³/mol. The molecular formula is C8H11NO. The molecule has 1 heterocycles. The Morgan fingerprint density at radius 3 is 2.00 bits per heavy atom. The molecule has 0 aliphatic carbocycles. The quantitative estimate of drug-likeness (QED) is 0.554. The number of hydrogen-bond donors (Lipinski definition) is 1. The minimum Gasteiger partial charge on any atom is -0.412 e. The first-order valence-corrected chi connectivity index (χ1v) is 3.24. The maximum atomic E-state index is 3.29. The van der Waals surface area contributed by atoms with Gasteiger partial charge >= 0.3 is 0 Å². The van der Waals surface area contributed by atoms with Crippen LogP contribution in [0, 0.1) is 0 Å². The van der Waals surface area contributed by atoms with Gasteiger partial charge in [0.15, 0.2) is 0 Å². The minimum atomic E-state index is 0. The Hall–Kier alpha value is -0.860. The van der Waals surface area contributed by atoms with Crippen LogP contribution in [0.5, 0.6) is 0 Å². The standard InChI is InChI=1S/C8H9N.H2O/c1-2-4-8-6-9-5-7(8)3-1;/h1-4,9H,5-6H2;1H2. The third-order valence-corrected chi connectivity index (χ3v) is 1.75. The van der Waals surface area contributed by atoms with Crippen LogP contribution in [-0.2, 0) is 13.1 Å². The van der Waals surface area contributed by atoms with E-state index in [0.717, 1.165) is 13.1 Å². The maximum absolute atomic E-state index is 3.29. The third-order valence-electron chi connectivity index (χ3n) is 1.75. The fourth-order valence-corrected chi connectivity index (χ4v) is 1.23. The van der Waals surface area contributed by atoms with E-state index in [-0.39, 0.29) is 5.48 Å². The second-order valence-corrected chi connectivity index (χ2v) is 2.37. The molecule has 3 N–H and O–H groups in total. The largest absolute Gasteiger partial charge is 0.412 e. The van der Waals surface area contributed by atoms with E-state index in [9.17, 15) is 0 Å². The van der Waals surface area contributed by atoms with Gasteiger partial charge in [-0.1, -0.05) is 24.3 Å². The van der Waals surface area contributed by atoms with E-state index in [1.54, 1.807) is 0 Å². The van der Waals surface area contributed by atoms with Gasteiger partial charge in [-0.3, -0.25) is 0 Å². The van der Waals surface area contributed by atoms with Gasteiger partial charge in [0, 0.05) is 13.1 Å². The van der Waals surface area contributed by atoms with Crippen LogP contribution >= 0.6 is 0 Å². The number of nitrogens with one attached hydrogen (secondary N) is 1. The highest BCUT2D eigenvalue weighted by Crippen LogP contribution is 2.12. The van der Waals surface area contributed by atoms with Crippen molar-refractivity contribution in [3.63, 3.8) is 0 Å². The Morgan fingerprint density at radius 2 is 1.50 bits per heavy atom. The normalized spacial score (nSPS) is 14.0. The summed E-state index contributed by atoms with van der Waals surface area (Å²) in [6, 6.07) is 8.53. The average Bonchev–Trinajstić information content (AvgIpc) is 2.33. The monoisotopic (exact) mass is 137 g/mol. The molecule has 1 aliphatic heterocycles. The molecule has 2 heteroatoms. The molecule has 0 aromatic heterocycles. The van der Waals surface area contributed by atoms with Crippen LogP contribution in [0.3, 0.4) is 0 Å². The molecule has 2 rings (SSSR count). The summed E-state index contributed by atoms with van der Waals surface area (Å²) in [5, 5.41) is 3.29. The van der Waals surface area contributed by atoms with Crippen LogP contribution in [0.2, 0.25) is 0 Å². The molecule has 54 valence electrons. The first-order chi connectivity index (χ1) is 4.47. The van der Waals surface area contributed by atoms with Crippen molar-refractivity contribution in [1.29, 1.82) is 0 Å². The molecule has 0 saturated heterocycles. The van der Waals surface area contributed by atoms with Gasteiger partial charge in [-0.05, 0) is 11.1 Å². The average molecular weight is 137 g/mol. The number of hydrogen-bond acceptors (Lipinski definition) is 1. The molecular weight excluding hydrogens is 126 g/mol. The zero-order chi connectivity index (χ0) is 6.10. The third kappa shape index (κ3) is 1.03. The van der Waals surface area contributed by atoms with E-state index in [1.807, 2.05) is 0 Å². The van der Waals surface area contributed by atoms with Crippen molar-refractivity contribution in [2.24, 2.45) is 0 Å². The van der Waals surface area contributed by atoms with E-state index in [0.29, 0.717) is 0 Å². The van der Waals surface area contributed by atoms with E-state index in [2.05, 4.69) is 29.6 Å². The van der Waals surface area contributed by atoms with Gasteiger partial charge < -0.3 is 10.8 Å². The summed E-state index contributed by atoms with van der Waals surface area (Å²) in [5.74, 6) is 0. The van der Waals surface area contributed by atoms with Gasteiger partial charge in [-0.25, -0.2) is 0 Å². The van der Waals surface area contributed by atoms with E-state index < -0.39 is 0 Å². The Morgan fingerprint density at radius 1 is 1.00 bits per heavy atom. The van der Waals surface area contributed by atoms with Crippen molar-refractivity contribution < 1.29 is 5.48 Å². The maximum Gasteiger partial charge on any atom is 0.0211 e. The van der Waals surface area contributed by atoms with Crippen LogP contribution in [0.15, 0.2) is 24.3 Å². The van der Waals surface area contributed by atoms with Crippen molar-refractivity contribution in [2.45, 2.75) is 13.1 Å². The minimum absolute atomic E-state index is 0. The number of rotatable bonds is 0. The Kier molecular flexibility index (Phi) is 2.04. The van der Waals surface area contributed by atoms with Crippen LogP contribution in [0.1, 0.15) is 11.1 Å². The summed E-state index contributed by atoms with van der Waals surface area (Å²) >= 11 is 0. The fourth-order valence-electron chi connectivity index (χ4n) is 1.23. The van der Waals surface area contributed by atoms with Gasteiger partial charge in [0.25, 0.3) is 0 Å². The van der Waals surface area contributed by atoms with Crippen molar-refractivity contribution in [3.05, 3.63) is 35.4 Å². The van der Waals surface area contributed by atoms with Gasteiger partial charge in [-0.15, -0.1) is 0 Å².